The van der Waals surface area contributed by atoms with Gasteiger partial charge in [0.2, 0.25) is 10.0 Å². The number of sulfonamides is 2. The van der Waals surface area contributed by atoms with Gasteiger partial charge in [0.1, 0.15) is 0 Å². The van der Waals surface area contributed by atoms with Crippen LogP contribution in [0.4, 0.5) is 14.5 Å². The normalized spacial score (nSPS) is 15.1. The fourth-order valence-electron chi connectivity index (χ4n) is 2.07. The molecule has 1 aliphatic carbocycles. The Hall–Kier alpha value is -2.04. The molecule has 0 aromatic heterocycles. The van der Waals surface area contributed by atoms with Crippen LogP contribution in [0.5, 0.6) is 0 Å². The molecule has 0 aliphatic heterocycles. The summed E-state index contributed by atoms with van der Waals surface area (Å²) >= 11 is 0. The lowest BCUT2D eigenvalue weighted by atomic mass is 10.3. The third-order valence-electron chi connectivity index (χ3n) is 3.50. The number of benzene rings is 2. The minimum absolute atomic E-state index is 0.0107. The largest absolute Gasteiger partial charge is 0.280 e. The quantitative estimate of drug-likeness (QED) is 0.794. The van der Waals surface area contributed by atoms with Crippen LogP contribution in [-0.2, 0) is 20.0 Å². The summed E-state index contributed by atoms with van der Waals surface area (Å²) in [6.45, 7) is 0. The van der Waals surface area contributed by atoms with E-state index in [-0.39, 0.29) is 16.6 Å². The molecule has 1 fully saturated rings. The zero-order valence-corrected chi connectivity index (χ0v) is 14.4. The maximum absolute atomic E-state index is 13.2. The van der Waals surface area contributed by atoms with Gasteiger partial charge in [0.15, 0.2) is 11.6 Å². The monoisotopic (exact) mass is 388 g/mol. The van der Waals surface area contributed by atoms with Gasteiger partial charge in [0.05, 0.1) is 15.5 Å². The first-order valence-corrected chi connectivity index (χ1v) is 10.2. The van der Waals surface area contributed by atoms with E-state index in [4.69, 9.17) is 0 Å². The van der Waals surface area contributed by atoms with Gasteiger partial charge >= 0.3 is 0 Å². The molecular formula is C15H14F2N2O4S2. The van der Waals surface area contributed by atoms with E-state index in [1.54, 1.807) is 0 Å². The van der Waals surface area contributed by atoms with Gasteiger partial charge in [-0.15, -0.1) is 0 Å². The molecule has 2 aromatic carbocycles. The van der Waals surface area contributed by atoms with Crippen molar-refractivity contribution >= 4 is 25.7 Å². The molecule has 0 bridgehead atoms. The van der Waals surface area contributed by atoms with E-state index in [9.17, 15) is 25.6 Å². The molecule has 6 nitrogen and oxygen atoms in total. The second-order valence-corrected chi connectivity index (χ2v) is 9.00. The third kappa shape index (κ3) is 4.14. The molecule has 1 saturated carbocycles. The Kier molecular flexibility index (Phi) is 4.52. The Labute approximate surface area is 144 Å². The zero-order valence-electron chi connectivity index (χ0n) is 12.7. The summed E-state index contributed by atoms with van der Waals surface area (Å²) in [5.74, 6) is -2.47. The van der Waals surface area contributed by atoms with Crippen LogP contribution >= 0.6 is 0 Å². The molecule has 0 atom stereocenters. The number of nitrogens with one attached hydrogen (secondary N) is 2. The van der Waals surface area contributed by atoms with Crippen molar-refractivity contribution < 1.29 is 25.6 Å². The Morgan fingerprint density at radius 2 is 1.52 bits per heavy atom. The second-order valence-electron chi connectivity index (χ2n) is 5.60. The highest BCUT2D eigenvalue weighted by Gasteiger charge is 2.28. The van der Waals surface area contributed by atoms with Crippen molar-refractivity contribution in [2.45, 2.75) is 28.7 Å². The van der Waals surface area contributed by atoms with Gasteiger partial charge in [-0.1, -0.05) is 6.07 Å². The predicted molar refractivity (Wildman–Crippen MR) is 87.0 cm³/mol. The molecule has 0 saturated heterocycles. The van der Waals surface area contributed by atoms with Crippen LogP contribution in [0.15, 0.2) is 52.3 Å². The highest BCUT2D eigenvalue weighted by molar-refractivity contribution is 7.92. The van der Waals surface area contributed by atoms with Crippen molar-refractivity contribution in [3.05, 3.63) is 54.1 Å². The van der Waals surface area contributed by atoms with E-state index in [0.717, 1.165) is 25.0 Å². The molecule has 1 aliphatic rings. The van der Waals surface area contributed by atoms with Gasteiger partial charge in [-0.2, -0.15) is 0 Å². The van der Waals surface area contributed by atoms with Gasteiger partial charge in [0, 0.05) is 6.04 Å². The topological polar surface area (TPSA) is 92.3 Å². The van der Waals surface area contributed by atoms with E-state index in [0.29, 0.717) is 12.1 Å². The smallest absolute Gasteiger partial charge is 0.261 e. The molecule has 134 valence electrons. The molecule has 2 N–H and O–H groups in total. The summed E-state index contributed by atoms with van der Waals surface area (Å²) < 4.78 is 79.7. The number of rotatable bonds is 6. The molecule has 0 heterocycles. The summed E-state index contributed by atoms with van der Waals surface area (Å²) in [7, 11) is -7.94. The maximum atomic E-state index is 13.2. The Bertz CT molecular complexity index is 1020. The van der Waals surface area contributed by atoms with Crippen LogP contribution in [0.3, 0.4) is 0 Å². The molecule has 10 heteroatoms. The SMILES string of the molecule is O=S(=O)(Nc1cccc(S(=O)(=O)NC2CC2)c1)c1ccc(F)c(F)c1. The lowest BCUT2D eigenvalue weighted by Crippen LogP contribution is -2.25. The Morgan fingerprint density at radius 3 is 2.16 bits per heavy atom. The fraction of sp³-hybridized carbons (Fsp3) is 0.200. The highest BCUT2D eigenvalue weighted by atomic mass is 32.2. The minimum Gasteiger partial charge on any atom is -0.280 e. The molecule has 3 rings (SSSR count). The standard InChI is InChI=1S/C15H14F2N2O4S2/c16-14-7-6-13(9-15(14)17)25(22,23)19-11-2-1-3-12(8-11)24(20,21)18-10-4-5-10/h1-3,6-10,18-19H,4-5H2. The molecule has 0 unspecified atom stereocenters. The lowest BCUT2D eigenvalue weighted by molar-refractivity contribution is 0.504. The molecule has 0 radical (unpaired) electrons. The van der Waals surface area contributed by atoms with Crippen LogP contribution in [0, 0.1) is 11.6 Å². The van der Waals surface area contributed by atoms with Crippen molar-refractivity contribution in [2.24, 2.45) is 0 Å². The van der Waals surface area contributed by atoms with Crippen molar-refractivity contribution in [1.29, 1.82) is 0 Å². The van der Waals surface area contributed by atoms with E-state index >= 15 is 0 Å². The average Bonchev–Trinajstić information content (AvgIpc) is 3.33. The third-order valence-corrected chi connectivity index (χ3v) is 6.39. The van der Waals surface area contributed by atoms with Crippen LogP contribution in [-0.4, -0.2) is 22.9 Å². The summed E-state index contributed by atoms with van der Waals surface area (Å²) in [5.41, 5.74) is -0.0107. The fourth-order valence-corrected chi connectivity index (χ4v) is 4.48. The van der Waals surface area contributed by atoms with Gasteiger partial charge in [-0.25, -0.2) is 30.3 Å². The summed E-state index contributed by atoms with van der Waals surface area (Å²) in [5, 5.41) is 0. The van der Waals surface area contributed by atoms with Gasteiger partial charge in [0.25, 0.3) is 10.0 Å². The van der Waals surface area contributed by atoms with Crippen molar-refractivity contribution in [3.63, 3.8) is 0 Å². The van der Waals surface area contributed by atoms with Gasteiger partial charge in [-0.3, -0.25) is 4.72 Å². The Balaban J connectivity index is 1.87. The van der Waals surface area contributed by atoms with Crippen LogP contribution < -0.4 is 9.44 Å². The number of hydrogen-bond acceptors (Lipinski definition) is 4. The minimum atomic E-state index is -4.20. The second kappa shape index (κ2) is 6.36. The van der Waals surface area contributed by atoms with Gasteiger partial charge < -0.3 is 0 Å². The van der Waals surface area contributed by atoms with E-state index in [1.165, 1.54) is 18.2 Å². The van der Waals surface area contributed by atoms with Crippen LogP contribution in [0.1, 0.15) is 12.8 Å². The lowest BCUT2D eigenvalue weighted by Gasteiger charge is -2.10. The molecule has 25 heavy (non-hydrogen) atoms. The maximum Gasteiger partial charge on any atom is 0.261 e. The number of halogens is 2. The summed E-state index contributed by atoms with van der Waals surface area (Å²) in [6.07, 6.45) is 1.53. The number of hydrogen-bond donors (Lipinski definition) is 2. The predicted octanol–water partition coefficient (Wildman–Crippen LogP) is 2.21. The first kappa shape index (κ1) is 17.8. The Morgan fingerprint density at radius 1 is 0.840 bits per heavy atom. The average molecular weight is 388 g/mol. The summed E-state index contributed by atoms with van der Waals surface area (Å²) in [4.78, 5) is -0.569. The zero-order chi connectivity index (χ0) is 18.2. The first-order valence-electron chi connectivity index (χ1n) is 7.28. The van der Waals surface area contributed by atoms with E-state index < -0.39 is 36.6 Å². The van der Waals surface area contributed by atoms with Crippen molar-refractivity contribution in [3.8, 4) is 0 Å². The molecule has 0 spiro atoms. The van der Waals surface area contributed by atoms with E-state index in [1.807, 2.05) is 0 Å². The van der Waals surface area contributed by atoms with E-state index in [2.05, 4.69) is 9.44 Å². The summed E-state index contributed by atoms with van der Waals surface area (Å²) in [6, 6.07) is 7.29. The molecule has 0 amide bonds. The van der Waals surface area contributed by atoms with Gasteiger partial charge in [-0.05, 0) is 49.2 Å². The van der Waals surface area contributed by atoms with Crippen molar-refractivity contribution in [1.82, 2.24) is 4.72 Å². The highest BCUT2D eigenvalue weighted by Crippen LogP contribution is 2.24. The first-order chi connectivity index (χ1) is 11.7. The molecular weight excluding hydrogens is 374 g/mol. The van der Waals surface area contributed by atoms with Crippen molar-refractivity contribution in [2.75, 3.05) is 4.72 Å². The van der Waals surface area contributed by atoms with Crippen LogP contribution in [0.25, 0.3) is 0 Å². The van der Waals surface area contributed by atoms with Crippen LogP contribution in [0.2, 0.25) is 0 Å². The number of anilines is 1. The molecule has 2 aromatic rings.